The molecule has 5 heteroatoms. The second kappa shape index (κ2) is 5.00. The zero-order chi connectivity index (χ0) is 13.1. The molecule has 1 aromatic heterocycles. The van der Waals surface area contributed by atoms with E-state index in [0.29, 0.717) is 29.2 Å². The topological polar surface area (TPSA) is 61.0 Å². The molecule has 0 saturated carbocycles. The summed E-state index contributed by atoms with van der Waals surface area (Å²) in [5, 5.41) is 0. The highest BCUT2D eigenvalue weighted by molar-refractivity contribution is 5.46. The molecule has 0 radical (unpaired) electrons. The molecule has 1 heterocycles. The first-order valence-electron chi connectivity index (χ1n) is 5.65. The van der Waals surface area contributed by atoms with Crippen LogP contribution in [0.4, 0.5) is 10.2 Å². The summed E-state index contributed by atoms with van der Waals surface area (Å²) < 4.78 is 19.3. The summed E-state index contributed by atoms with van der Waals surface area (Å²) >= 11 is 0. The molecule has 0 fully saturated rings. The number of nitrogens with two attached hydrogens (primary N) is 1. The Kier molecular flexibility index (Phi) is 3.41. The van der Waals surface area contributed by atoms with Crippen LogP contribution in [-0.4, -0.2) is 9.97 Å². The van der Waals surface area contributed by atoms with Crippen molar-refractivity contribution in [1.29, 1.82) is 0 Å². The summed E-state index contributed by atoms with van der Waals surface area (Å²) in [7, 11) is 0. The lowest BCUT2D eigenvalue weighted by Gasteiger charge is -2.11. The molecular formula is C13H14FN3O. The van der Waals surface area contributed by atoms with Crippen molar-refractivity contribution in [3.05, 3.63) is 41.5 Å². The van der Waals surface area contributed by atoms with Gasteiger partial charge >= 0.3 is 0 Å². The quantitative estimate of drug-likeness (QED) is 0.905. The van der Waals surface area contributed by atoms with Crippen molar-refractivity contribution in [2.24, 2.45) is 0 Å². The van der Waals surface area contributed by atoms with Crippen molar-refractivity contribution in [3.63, 3.8) is 0 Å². The number of aromatic nitrogens is 2. The van der Waals surface area contributed by atoms with Crippen LogP contribution in [0.1, 0.15) is 18.1 Å². The molecule has 0 amide bonds. The maximum atomic E-state index is 13.8. The number of aryl methyl sites for hydroxylation is 1. The van der Waals surface area contributed by atoms with E-state index in [1.165, 1.54) is 6.33 Å². The third kappa shape index (κ3) is 2.25. The molecule has 0 saturated heterocycles. The number of halogens is 1. The number of hydrogen-bond acceptors (Lipinski definition) is 4. The van der Waals surface area contributed by atoms with Gasteiger partial charge in [0.05, 0.1) is 5.56 Å². The molecule has 18 heavy (non-hydrogen) atoms. The molecule has 0 atom stereocenters. The van der Waals surface area contributed by atoms with Crippen molar-refractivity contribution in [3.8, 4) is 11.6 Å². The van der Waals surface area contributed by atoms with E-state index in [-0.39, 0.29) is 5.75 Å². The van der Waals surface area contributed by atoms with Gasteiger partial charge in [-0.3, -0.25) is 0 Å². The van der Waals surface area contributed by atoms with Crippen LogP contribution >= 0.6 is 0 Å². The van der Waals surface area contributed by atoms with Gasteiger partial charge in [-0.05, 0) is 25.0 Å². The average molecular weight is 247 g/mol. The molecule has 2 aromatic rings. The van der Waals surface area contributed by atoms with E-state index < -0.39 is 5.82 Å². The third-order valence-corrected chi connectivity index (χ3v) is 2.66. The van der Waals surface area contributed by atoms with E-state index >= 15 is 0 Å². The first-order valence-corrected chi connectivity index (χ1v) is 5.65. The fraction of sp³-hybridized carbons (Fsp3) is 0.231. The minimum atomic E-state index is -0.392. The summed E-state index contributed by atoms with van der Waals surface area (Å²) in [4.78, 5) is 7.88. The van der Waals surface area contributed by atoms with E-state index in [1.807, 2.05) is 6.92 Å². The number of benzene rings is 1. The highest BCUT2D eigenvalue weighted by Crippen LogP contribution is 2.28. The van der Waals surface area contributed by atoms with E-state index in [2.05, 4.69) is 9.97 Å². The summed E-state index contributed by atoms with van der Waals surface area (Å²) in [6.07, 6.45) is 1.92. The highest BCUT2D eigenvalue weighted by atomic mass is 19.1. The SMILES string of the molecule is CCc1c(N)ncnc1Oc1cccc(C)c1F. The normalized spacial score (nSPS) is 10.4. The largest absolute Gasteiger partial charge is 0.435 e. The minimum absolute atomic E-state index is 0.141. The minimum Gasteiger partial charge on any atom is -0.435 e. The molecule has 94 valence electrons. The van der Waals surface area contributed by atoms with Gasteiger partial charge in [0.1, 0.15) is 12.1 Å². The zero-order valence-electron chi connectivity index (χ0n) is 10.3. The predicted octanol–water partition coefficient (Wildman–Crippen LogP) is 2.86. The van der Waals surface area contributed by atoms with Gasteiger partial charge < -0.3 is 10.5 Å². The average Bonchev–Trinajstić information content (AvgIpc) is 2.35. The van der Waals surface area contributed by atoms with Crippen molar-refractivity contribution in [2.75, 3.05) is 5.73 Å². The lowest BCUT2D eigenvalue weighted by Crippen LogP contribution is -2.02. The molecule has 0 bridgehead atoms. The second-order valence-electron chi connectivity index (χ2n) is 3.89. The van der Waals surface area contributed by atoms with E-state index in [0.717, 1.165) is 0 Å². The van der Waals surface area contributed by atoms with Gasteiger partial charge in [-0.2, -0.15) is 0 Å². The van der Waals surface area contributed by atoms with Gasteiger partial charge in [0.2, 0.25) is 5.88 Å². The number of rotatable bonds is 3. The van der Waals surface area contributed by atoms with Crippen molar-refractivity contribution >= 4 is 5.82 Å². The number of hydrogen-bond donors (Lipinski definition) is 1. The Labute approximate surface area is 105 Å². The molecule has 0 aliphatic heterocycles. The van der Waals surface area contributed by atoms with Gasteiger partial charge in [0.15, 0.2) is 11.6 Å². The van der Waals surface area contributed by atoms with Crippen LogP contribution in [0.2, 0.25) is 0 Å². The van der Waals surface area contributed by atoms with Crippen LogP contribution in [0.3, 0.4) is 0 Å². The maximum Gasteiger partial charge on any atom is 0.227 e. The molecule has 2 rings (SSSR count). The van der Waals surface area contributed by atoms with Crippen LogP contribution in [0.5, 0.6) is 11.6 Å². The standard InChI is InChI=1S/C13H14FN3O/c1-3-9-12(15)16-7-17-13(9)18-10-6-4-5-8(2)11(10)14/h4-7H,3H2,1-2H3,(H2,15,16,17). The van der Waals surface area contributed by atoms with E-state index in [1.54, 1.807) is 25.1 Å². The number of nitrogen functional groups attached to an aromatic ring is 1. The van der Waals surface area contributed by atoms with Crippen LogP contribution < -0.4 is 10.5 Å². The van der Waals surface area contributed by atoms with Crippen LogP contribution in [-0.2, 0) is 6.42 Å². The van der Waals surface area contributed by atoms with Gasteiger partial charge in [-0.25, -0.2) is 14.4 Å². The number of anilines is 1. The highest BCUT2D eigenvalue weighted by Gasteiger charge is 2.12. The van der Waals surface area contributed by atoms with Crippen molar-refractivity contribution < 1.29 is 9.13 Å². The first-order chi connectivity index (χ1) is 8.63. The van der Waals surface area contributed by atoms with Gasteiger partial charge in [0.25, 0.3) is 0 Å². The Morgan fingerprint density at radius 3 is 2.83 bits per heavy atom. The summed E-state index contributed by atoms with van der Waals surface area (Å²) in [6.45, 7) is 3.59. The van der Waals surface area contributed by atoms with Crippen LogP contribution in [0.25, 0.3) is 0 Å². The maximum absolute atomic E-state index is 13.8. The zero-order valence-corrected chi connectivity index (χ0v) is 10.3. The lowest BCUT2D eigenvalue weighted by molar-refractivity contribution is 0.420. The molecule has 0 spiro atoms. The Morgan fingerprint density at radius 2 is 2.11 bits per heavy atom. The smallest absolute Gasteiger partial charge is 0.227 e. The van der Waals surface area contributed by atoms with E-state index in [4.69, 9.17) is 10.5 Å². The van der Waals surface area contributed by atoms with Crippen LogP contribution in [0, 0.1) is 12.7 Å². The molecule has 0 aliphatic rings. The molecule has 0 aliphatic carbocycles. The molecule has 2 N–H and O–H groups in total. The summed E-state index contributed by atoms with van der Waals surface area (Å²) in [5.41, 5.74) is 6.93. The second-order valence-corrected chi connectivity index (χ2v) is 3.89. The summed E-state index contributed by atoms with van der Waals surface area (Å²) in [6, 6.07) is 4.96. The monoisotopic (exact) mass is 247 g/mol. The van der Waals surface area contributed by atoms with Crippen molar-refractivity contribution in [2.45, 2.75) is 20.3 Å². The third-order valence-electron chi connectivity index (χ3n) is 2.66. The van der Waals surface area contributed by atoms with Gasteiger partial charge in [-0.1, -0.05) is 19.1 Å². The fourth-order valence-electron chi connectivity index (χ4n) is 1.63. The molecule has 4 nitrogen and oxygen atoms in total. The van der Waals surface area contributed by atoms with E-state index in [9.17, 15) is 4.39 Å². The lowest BCUT2D eigenvalue weighted by atomic mass is 10.2. The Hall–Kier alpha value is -2.17. The Bertz CT molecular complexity index is 572. The molecule has 1 aromatic carbocycles. The predicted molar refractivity (Wildman–Crippen MR) is 67.0 cm³/mol. The summed E-state index contributed by atoms with van der Waals surface area (Å²) in [5.74, 6) is 0.407. The first kappa shape index (κ1) is 12.3. The Balaban J connectivity index is 2.40. The van der Waals surface area contributed by atoms with Gasteiger partial charge in [0, 0.05) is 0 Å². The fourth-order valence-corrected chi connectivity index (χ4v) is 1.63. The van der Waals surface area contributed by atoms with Crippen molar-refractivity contribution in [1.82, 2.24) is 9.97 Å². The Morgan fingerprint density at radius 1 is 1.33 bits per heavy atom. The number of ether oxygens (including phenoxy) is 1. The van der Waals surface area contributed by atoms with Crippen LogP contribution in [0.15, 0.2) is 24.5 Å². The van der Waals surface area contributed by atoms with Gasteiger partial charge in [-0.15, -0.1) is 0 Å². The number of nitrogens with zero attached hydrogens (tertiary/aromatic N) is 2. The molecular weight excluding hydrogens is 233 g/mol. The molecule has 0 unspecified atom stereocenters.